The van der Waals surface area contributed by atoms with Gasteiger partial charge in [0, 0.05) is 12.5 Å². The van der Waals surface area contributed by atoms with Crippen molar-refractivity contribution in [1.29, 1.82) is 0 Å². The number of nitrogens with one attached hydrogen (secondary N) is 1. The van der Waals surface area contributed by atoms with Crippen LogP contribution in [0.25, 0.3) is 0 Å². The van der Waals surface area contributed by atoms with E-state index in [0.29, 0.717) is 24.7 Å². The van der Waals surface area contributed by atoms with E-state index in [4.69, 9.17) is 0 Å². The Morgan fingerprint density at radius 2 is 2.12 bits per heavy atom. The minimum Gasteiger partial charge on any atom is -0.353 e. The summed E-state index contributed by atoms with van der Waals surface area (Å²) in [6, 6.07) is 6.83. The van der Waals surface area contributed by atoms with Crippen LogP contribution in [0.2, 0.25) is 0 Å². The first kappa shape index (κ1) is 16.5. The van der Waals surface area contributed by atoms with Gasteiger partial charge in [-0.1, -0.05) is 18.6 Å². The number of benzene rings is 1. The number of amides is 1. The second kappa shape index (κ2) is 7.51. The van der Waals surface area contributed by atoms with Crippen molar-refractivity contribution in [2.24, 2.45) is 5.92 Å². The molecule has 1 N–H and O–H groups in total. The summed E-state index contributed by atoms with van der Waals surface area (Å²) in [7, 11) is 0. The van der Waals surface area contributed by atoms with Gasteiger partial charge in [0.1, 0.15) is 11.6 Å². The van der Waals surface area contributed by atoms with Crippen LogP contribution in [-0.2, 0) is 17.8 Å². The molecule has 0 unspecified atom stereocenters. The Bertz CT molecular complexity index is 685. The number of nitrogens with zero attached hydrogens (tertiary/aromatic N) is 4. The summed E-state index contributed by atoms with van der Waals surface area (Å²) < 4.78 is 14.6. The van der Waals surface area contributed by atoms with Gasteiger partial charge in [0.05, 0.1) is 6.54 Å². The van der Waals surface area contributed by atoms with Crippen molar-refractivity contribution in [2.75, 3.05) is 0 Å². The summed E-state index contributed by atoms with van der Waals surface area (Å²) >= 11 is 0. The zero-order valence-electron chi connectivity index (χ0n) is 13.8. The maximum absolute atomic E-state index is 13.0. The Balaban J connectivity index is 1.50. The van der Waals surface area contributed by atoms with Gasteiger partial charge in [-0.25, -0.2) is 9.07 Å². The van der Waals surface area contributed by atoms with Crippen molar-refractivity contribution in [3.8, 4) is 0 Å². The molecule has 1 aromatic heterocycles. The Labute approximate surface area is 140 Å². The quantitative estimate of drug-likeness (QED) is 0.879. The second-order valence-electron chi connectivity index (χ2n) is 6.39. The molecule has 128 valence electrons. The van der Waals surface area contributed by atoms with Crippen molar-refractivity contribution in [3.05, 3.63) is 41.5 Å². The molecule has 1 aliphatic carbocycles. The molecule has 1 saturated carbocycles. The molecule has 1 aliphatic rings. The third-order valence-corrected chi connectivity index (χ3v) is 4.68. The van der Waals surface area contributed by atoms with Gasteiger partial charge in [0.25, 0.3) is 0 Å². The lowest BCUT2D eigenvalue weighted by Crippen LogP contribution is -2.38. The third kappa shape index (κ3) is 4.15. The highest BCUT2D eigenvalue weighted by atomic mass is 19.1. The van der Waals surface area contributed by atoms with Crippen molar-refractivity contribution in [3.63, 3.8) is 0 Å². The van der Waals surface area contributed by atoms with Crippen molar-refractivity contribution < 1.29 is 9.18 Å². The fraction of sp³-hybridized carbons (Fsp3) is 0.529. The lowest BCUT2D eigenvalue weighted by Gasteiger charge is -2.21. The number of tetrazole rings is 1. The molecule has 1 fully saturated rings. The molecular weight excluding hydrogens is 309 g/mol. The average Bonchev–Trinajstić information content (AvgIpc) is 3.17. The number of hydrogen-bond acceptors (Lipinski definition) is 4. The maximum Gasteiger partial charge on any atom is 0.222 e. The molecule has 3 rings (SSSR count). The highest BCUT2D eigenvalue weighted by molar-refractivity contribution is 5.76. The van der Waals surface area contributed by atoms with E-state index in [2.05, 4.69) is 20.8 Å². The lowest BCUT2D eigenvalue weighted by molar-refractivity contribution is -0.122. The summed E-state index contributed by atoms with van der Waals surface area (Å²) in [5.74, 6) is 0.931. The zero-order valence-corrected chi connectivity index (χ0v) is 13.8. The minimum absolute atomic E-state index is 0.0286. The van der Waals surface area contributed by atoms with Crippen LogP contribution in [-0.4, -0.2) is 32.2 Å². The molecule has 0 saturated heterocycles. The Morgan fingerprint density at radius 3 is 2.83 bits per heavy atom. The van der Waals surface area contributed by atoms with Crippen molar-refractivity contribution in [2.45, 2.75) is 51.6 Å². The van der Waals surface area contributed by atoms with Crippen molar-refractivity contribution >= 4 is 5.91 Å². The fourth-order valence-electron chi connectivity index (χ4n) is 3.34. The lowest BCUT2D eigenvalue weighted by atomic mass is 9.94. The zero-order chi connectivity index (χ0) is 16.9. The molecule has 7 heteroatoms. The van der Waals surface area contributed by atoms with Crippen molar-refractivity contribution in [1.82, 2.24) is 25.5 Å². The molecule has 1 aromatic carbocycles. The molecule has 1 heterocycles. The third-order valence-electron chi connectivity index (χ3n) is 4.68. The molecule has 1 amide bonds. The number of rotatable bonds is 6. The number of hydrogen-bond donors (Lipinski definition) is 1. The number of aromatic nitrogens is 4. The molecule has 0 bridgehead atoms. The molecular formula is C17H22FN5O. The normalized spacial score (nSPS) is 20.2. The molecule has 2 aromatic rings. The van der Waals surface area contributed by atoms with Crippen LogP contribution in [0.3, 0.4) is 0 Å². The van der Waals surface area contributed by atoms with E-state index in [1.807, 2.05) is 19.1 Å². The predicted molar refractivity (Wildman–Crippen MR) is 86.5 cm³/mol. The topological polar surface area (TPSA) is 72.7 Å². The molecule has 0 spiro atoms. The molecule has 0 aliphatic heterocycles. The van der Waals surface area contributed by atoms with Crippen LogP contribution in [0.1, 0.15) is 37.1 Å². The molecule has 2 atom stereocenters. The van der Waals surface area contributed by atoms with E-state index in [1.165, 1.54) is 12.1 Å². The van der Waals surface area contributed by atoms with Gasteiger partial charge >= 0.3 is 0 Å². The monoisotopic (exact) mass is 331 g/mol. The number of aryl methyl sites for hydroxylation is 2. The number of carbonyl (C=O) groups is 1. The Kier molecular flexibility index (Phi) is 5.17. The van der Waals surface area contributed by atoms with E-state index in [1.54, 1.807) is 4.68 Å². The first-order valence-corrected chi connectivity index (χ1v) is 8.38. The highest BCUT2D eigenvalue weighted by Gasteiger charge is 2.28. The van der Waals surface area contributed by atoms with E-state index in [9.17, 15) is 9.18 Å². The fourth-order valence-corrected chi connectivity index (χ4v) is 3.34. The van der Waals surface area contributed by atoms with Crippen LogP contribution >= 0.6 is 0 Å². The SMILES string of the molecule is Cc1nnnn1CCC(=O)N[C@H]1CCC[C@H]1Cc1ccc(F)cc1. The van der Waals surface area contributed by atoms with Gasteiger partial charge in [-0.15, -0.1) is 5.10 Å². The summed E-state index contributed by atoms with van der Waals surface area (Å²) in [4.78, 5) is 12.2. The molecule has 6 nitrogen and oxygen atoms in total. The van der Waals surface area contributed by atoms with Gasteiger partial charge in [-0.2, -0.15) is 0 Å². The van der Waals surface area contributed by atoms with E-state index >= 15 is 0 Å². The number of halogens is 1. The van der Waals surface area contributed by atoms with E-state index < -0.39 is 0 Å². The molecule has 24 heavy (non-hydrogen) atoms. The van der Waals surface area contributed by atoms with Crippen LogP contribution in [0.4, 0.5) is 4.39 Å². The standard InChI is InChI=1S/C17H22FN5O/c1-12-20-21-22-23(12)10-9-17(24)19-16-4-2-3-14(16)11-13-5-7-15(18)8-6-13/h5-8,14,16H,2-4,9-11H2,1H3,(H,19,24)/t14-,16-/m0/s1. The van der Waals surface area contributed by atoms with Gasteiger partial charge < -0.3 is 5.32 Å². The summed E-state index contributed by atoms with van der Waals surface area (Å²) in [5, 5.41) is 14.4. The molecule has 0 radical (unpaired) electrons. The van der Waals surface area contributed by atoms with E-state index in [-0.39, 0.29) is 17.8 Å². The maximum atomic E-state index is 13.0. The van der Waals surface area contributed by atoms with Crippen LogP contribution in [0, 0.1) is 18.7 Å². The first-order chi connectivity index (χ1) is 11.6. The summed E-state index contributed by atoms with van der Waals surface area (Å²) in [6.07, 6.45) is 4.45. The Morgan fingerprint density at radius 1 is 1.33 bits per heavy atom. The van der Waals surface area contributed by atoms with Gasteiger partial charge in [0.15, 0.2) is 0 Å². The van der Waals surface area contributed by atoms with Gasteiger partial charge in [-0.05, 0) is 60.2 Å². The van der Waals surface area contributed by atoms with Crippen LogP contribution in [0.5, 0.6) is 0 Å². The van der Waals surface area contributed by atoms with Gasteiger partial charge in [-0.3, -0.25) is 4.79 Å². The van der Waals surface area contributed by atoms with Crippen LogP contribution in [0.15, 0.2) is 24.3 Å². The summed E-state index contributed by atoms with van der Waals surface area (Å²) in [6.45, 7) is 2.30. The summed E-state index contributed by atoms with van der Waals surface area (Å²) in [5.41, 5.74) is 1.12. The smallest absolute Gasteiger partial charge is 0.222 e. The Hall–Kier alpha value is -2.31. The highest BCUT2D eigenvalue weighted by Crippen LogP contribution is 2.29. The predicted octanol–water partition coefficient (Wildman–Crippen LogP) is 2.04. The van der Waals surface area contributed by atoms with Crippen LogP contribution < -0.4 is 5.32 Å². The van der Waals surface area contributed by atoms with E-state index in [0.717, 1.165) is 31.2 Å². The van der Waals surface area contributed by atoms with Gasteiger partial charge in [0.2, 0.25) is 5.91 Å². The second-order valence-corrected chi connectivity index (χ2v) is 6.39. The average molecular weight is 331 g/mol. The number of carbonyl (C=O) groups excluding carboxylic acids is 1. The largest absolute Gasteiger partial charge is 0.353 e. The minimum atomic E-state index is -0.215. The first-order valence-electron chi connectivity index (χ1n) is 8.38.